The van der Waals surface area contributed by atoms with Crippen LogP contribution in [0.1, 0.15) is 23.2 Å². The van der Waals surface area contributed by atoms with Gasteiger partial charge in [-0.25, -0.2) is 0 Å². The topological polar surface area (TPSA) is 58.4 Å². The molecule has 1 aromatic carbocycles. The van der Waals surface area contributed by atoms with Gasteiger partial charge in [-0.3, -0.25) is 4.79 Å². The lowest BCUT2D eigenvalue weighted by atomic mass is 10.1. The van der Waals surface area contributed by atoms with Crippen molar-refractivity contribution in [3.05, 3.63) is 35.9 Å². The molecule has 18 heavy (non-hydrogen) atoms. The van der Waals surface area contributed by atoms with Crippen molar-refractivity contribution in [1.82, 2.24) is 5.32 Å². The van der Waals surface area contributed by atoms with Crippen LogP contribution < -0.4 is 16.0 Å². The summed E-state index contributed by atoms with van der Waals surface area (Å²) >= 11 is 0. The number of amides is 1. The number of benzene rings is 1. The van der Waals surface area contributed by atoms with E-state index in [1.165, 1.54) is 0 Å². The number of carbonyl (C=O) groups is 1. The predicted octanol–water partition coefficient (Wildman–Crippen LogP) is 1.78. The molecule has 0 saturated carbocycles. The number of nitrogens with one attached hydrogen (secondary N) is 1. The van der Waals surface area contributed by atoms with Gasteiger partial charge in [0.2, 0.25) is 0 Å². The van der Waals surface area contributed by atoms with E-state index in [0.717, 1.165) is 18.5 Å². The third kappa shape index (κ3) is 2.64. The summed E-state index contributed by atoms with van der Waals surface area (Å²) in [6.07, 6.45) is 6.00. The van der Waals surface area contributed by atoms with Crippen LogP contribution in [0.15, 0.2) is 30.4 Å². The Labute approximate surface area is 107 Å². The summed E-state index contributed by atoms with van der Waals surface area (Å²) in [5.41, 5.74) is 7.88. The number of nitrogen functional groups attached to an aromatic ring is 1. The Kier molecular flexibility index (Phi) is 3.55. The molecule has 3 N–H and O–H groups in total. The quantitative estimate of drug-likeness (QED) is 0.630. The van der Waals surface area contributed by atoms with Crippen LogP contribution in [-0.2, 0) is 0 Å². The van der Waals surface area contributed by atoms with Crippen molar-refractivity contribution in [1.29, 1.82) is 0 Å². The number of hydrogen-bond donors (Lipinski definition) is 2. The van der Waals surface area contributed by atoms with Crippen LogP contribution in [-0.4, -0.2) is 26.0 Å². The van der Waals surface area contributed by atoms with Gasteiger partial charge in [0.25, 0.3) is 5.91 Å². The molecular formula is C14H19N3O. The van der Waals surface area contributed by atoms with Crippen molar-refractivity contribution in [3.63, 3.8) is 0 Å². The highest BCUT2D eigenvalue weighted by Crippen LogP contribution is 2.22. The number of hydrogen-bond acceptors (Lipinski definition) is 3. The van der Waals surface area contributed by atoms with Crippen molar-refractivity contribution < 1.29 is 4.79 Å². The van der Waals surface area contributed by atoms with Crippen molar-refractivity contribution in [3.8, 4) is 0 Å². The molecule has 0 radical (unpaired) electrons. The standard InChI is InChI=1S/C14H19N3O/c1-17(2)13-8-7-10(15)9-12(13)14(18)16-11-5-3-4-6-11/h3-4,7-9,11H,5-6,15H2,1-2H3,(H,16,18). The number of anilines is 2. The van der Waals surface area contributed by atoms with E-state index in [1.807, 2.05) is 31.1 Å². The molecule has 1 aromatic rings. The van der Waals surface area contributed by atoms with Gasteiger partial charge >= 0.3 is 0 Å². The maximum Gasteiger partial charge on any atom is 0.253 e. The highest BCUT2D eigenvalue weighted by Gasteiger charge is 2.18. The highest BCUT2D eigenvalue weighted by molar-refractivity contribution is 6.00. The van der Waals surface area contributed by atoms with E-state index in [4.69, 9.17) is 5.73 Å². The zero-order valence-corrected chi connectivity index (χ0v) is 10.8. The number of nitrogens with zero attached hydrogens (tertiary/aromatic N) is 1. The molecular weight excluding hydrogens is 226 g/mol. The fourth-order valence-corrected chi connectivity index (χ4v) is 2.12. The van der Waals surface area contributed by atoms with Gasteiger partial charge < -0.3 is 16.0 Å². The molecule has 1 amide bonds. The fourth-order valence-electron chi connectivity index (χ4n) is 2.12. The van der Waals surface area contributed by atoms with Crippen LogP contribution >= 0.6 is 0 Å². The zero-order valence-electron chi connectivity index (χ0n) is 10.8. The lowest BCUT2D eigenvalue weighted by Gasteiger charge is -2.19. The van der Waals surface area contributed by atoms with Gasteiger partial charge in [0, 0.05) is 31.5 Å². The second-order valence-corrected chi connectivity index (χ2v) is 4.78. The molecule has 2 rings (SSSR count). The zero-order chi connectivity index (χ0) is 13.1. The first kappa shape index (κ1) is 12.5. The molecule has 4 heteroatoms. The Morgan fingerprint density at radius 3 is 2.61 bits per heavy atom. The molecule has 0 spiro atoms. The lowest BCUT2D eigenvalue weighted by molar-refractivity contribution is 0.0939. The van der Waals surface area contributed by atoms with E-state index in [-0.39, 0.29) is 11.9 Å². The van der Waals surface area contributed by atoms with Crippen molar-refractivity contribution in [2.75, 3.05) is 24.7 Å². The lowest BCUT2D eigenvalue weighted by Crippen LogP contribution is -2.33. The summed E-state index contributed by atoms with van der Waals surface area (Å²) in [4.78, 5) is 14.2. The molecule has 0 heterocycles. The molecule has 0 fully saturated rings. The molecule has 4 nitrogen and oxygen atoms in total. The fraction of sp³-hybridized carbons (Fsp3) is 0.357. The Morgan fingerprint density at radius 2 is 2.00 bits per heavy atom. The predicted molar refractivity (Wildman–Crippen MR) is 74.8 cm³/mol. The van der Waals surface area contributed by atoms with Gasteiger partial charge in [-0.05, 0) is 31.0 Å². The Morgan fingerprint density at radius 1 is 1.33 bits per heavy atom. The van der Waals surface area contributed by atoms with Crippen LogP contribution in [0.3, 0.4) is 0 Å². The molecule has 0 aliphatic heterocycles. The second-order valence-electron chi connectivity index (χ2n) is 4.78. The van der Waals surface area contributed by atoms with Crippen molar-refractivity contribution >= 4 is 17.3 Å². The molecule has 0 atom stereocenters. The molecule has 96 valence electrons. The first-order valence-electron chi connectivity index (χ1n) is 6.10. The van der Waals surface area contributed by atoms with E-state index < -0.39 is 0 Å². The van der Waals surface area contributed by atoms with Gasteiger partial charge in [0.15, 0.2) is 0 Å². The summed E-state index contributed by atoms with van der Waals surface area (Å²) in [6.45, 7) is 0. The van der Waals surface area contributed by atoms with Crippen LogP contribution in [0.2, 0.25) is 0 Å². The molecule has 0 bridgehead atoms. The van der Waals surface area contributed by atoms with E-state index >= 15 is 0 Å². The molecule has 0 unspecified atom stereocenters. The summed E-state index contributed by atoms with van der Waals surface area (Å²) < 4.78 is 0. The third-order valence-electron chi connectivity index (χ3n) is 3.09. The van der Waals surface area contributed by atoms with Crippen LogP contribution in [0.25, 0.3) is 0 Å². The minimum absolute atomic E-state index is 0.0558. The first-order chi connectivity index (χ1) is 8.58. The Balaban J connectivity index is 2.20. The minimum Gasteiger partial charge on any atom is -0.399 e. The minimum atomic E-state index is -0.0558. The average molecular weight is 245 g/mol. The van der Waals surface area contributed by atoms with E-state index in [1.54, 1.807) is 6.07 Å². The smallest absolute Gasteiger partial charge is 0.253 e. The van der Waals surface area contributed by atoms with E-state index in [0.29, 0.717) is 11.3 Å². The van der Waals surface area contributed by atoms with Crippen LogP contribution in [0.4, 0.5) is 11.4 Å². The van der Waals surface area contributed by atoms with Crippen molar-refractivity contribution in [2.24, 2.45) is 0 Å². The Hall–Kier alpha value is -1.97. The summed E-state index contributed by atoms with van der Waals surface area (Å²) in [5.74, 6) is -0.0558. The molecule has 0 saturated heterocycles. The summed E-state index contributed by atoms with van der Waals surface area (Å²) in [5, 5.41) is 3.03. The molecule has 1 aliphatic rings. The van der Waals surface area contributed by atoms with Crippen LogP contribution in [0, 0.1) is 0 Å². The molecule has 0 aromatic heterocycles. The summed E-state index contributed by atoms with van der Waals surface area (Å²) in [6, 6.07) is 5.63. The van der Waals surface area contributed by atoms with E-state index in [9.17, 15) is 4.79 Å². The number of nitrogens with two attached hydrogens (primary N) is 1. The Bertz CT molecular complexity index is 472. The van der Waals surface area contributed by atoms with Gasteiger partial charge in [0.1, 0.15) is 0 Å². The van der Waals surface area contributed by atoms with Gasteiger partial charge in [-0.1, -0.05) is 12.2 Å². The van der Waals surface area contributed by atoms with E-state index in [2.05, 4.69) is 17.5 Å². The maximum atomic E-state index is 12.3. The van der Waals surface area contributed by atoms with Gasteiger partial charge in [0.05, 0.1) is 5.56 Å². The normalized spacial score (nSPS) is 14.8. The maximum absolute atomic E-state index is 12.3. The first-order valence-corrected chi connectivity index (χ1v) is 6.10. The summed E-state index contributed by atoms with van der Waals surface area (Å²) in [7, 11) is 3.83. The highest BCUT2D eigenvalue weighted by atomic mass is 16.1. The number of carbonyl (C=O) groups excluding carboxylic acids is 1. The third-order valence-corrected chi connectivity index (χ3v) is 3.09. The second kappa shape index (κ2) is 5.12. The van der Waals surface area contributed by atoms with Crippen LogP contribution in [0.5, 0.6) is 0 Å². The largest absolute Gasteiger partial charge is 0.399 e. The molecule has 1 aliphatic carbocycles. The SMILES string of the molecule is CN(C)c1ccc(N)cc1C(=O)NC1CC=CC1. The average Bonchev–Trinajstić information content (AvgIpc) is 2.81. The monoisotopic (exact) mass is 245 g/mol. The van der Waals surface area contributed by atoms with Gasteiger partial charge in [-0.2, -0.15) is 0 Å². The van der Waals surface area contributed by atoms with Crippen molar-refractivity contribution in [2.45, 2.75) is 18.9 Å². The van der Waals surface area contributed by atoms with Gasteiger partial charge in [-0.15, -0.1) is 0 Å². The number of rotatable bonds is 3.